The van der Waals surface area contributed by atoms with Gasteiger partial charge in [0, 0.05) is 38.0 Å². The van der Waals surface area contributed by atoms with Gasteiger partial charge < -0.3 is 15.0 Å². The molecule has 1 aromatic heterocycles. The van der Waals surface area contributed by atoms with E-state index in [1.54, 1.807) is 30.3 Å². The van der Waals surface area contributed by atoms with Crippen molar-refractivity contribution in [2.24, 2.45) is 0 Å². The number of aryl methyl sites for hydroxylation is 2. The van der Waals surface area contributed by atoms with E-state index in [-0.39, 0.29) is 29.0 Å². The van der Waals surface area contributed by atoms with Gasteiger partial charge in [0.25, 0.3) is 0 Å². The van der Waals surface area contributed by atoms with Crippen molar-refractivity contribution >= 4 is 27.0 Å². The maximum Gasteiger partial charge on any atom is 0.243 e. The zero-order chi connectivity index (χ0) is 24.3. The standard InChI is InChI=1S/C25H32N4O4S/c1-3-14-29-22-11-10-19(34(32,33)28-15-6-7-16-28)17-21(22)27-24(29)12-13-25(31)26-18(2)20-8-4-5-9-23(20)30/h4-5,8-11,17-18,30H,3,6-7,12-16H2,1-2H3,(H,26,31)/t18-/m0/s1. The summed E-state index contributed by atoms with van der Waals surface area (Å²) < 4.78 is 29.6. The lowest BCUT2D eigenvalue weighted by Crippen LogP contribution is -2.27. The minimum Gasteiger partial charge on any atom is -0.508 e. The molecule has 3 aromatic rings. The summed E-state index contributed by atoms with van der Waals surface area (Å²) in [6.07, 6.45) is 3.34. The Kier molecular flexibility index (Phi) is 7.23. The van der Waals surface area contributed by atoms with Gasteiger partial charge in [0.1, 0.15) is 11.6 Å². The highest BCUT2D eigenvalue weighted by atomic mass is 32.2. The molecule has 0 saturated carbocycles. The number of phenolic OH excluding ortho intramolecular Hbond substituents is 1. The molecule has 34 heavy (non-hydrogen) atoms. The van der Waals surface area contributed by atoms with Gasteiger partial charge >= 0.3 is 0 Å². The number of sulfonamides is 1. The summed E-state index contributed by atoms with van der Waals surface area (Å²) in [5.41, 5.74) is 2.17. The third-order valence-electron chi connectivity index (χ3n) is 6.31. The summed E-state index contributed by atoms with van der Waals surface area (Å²) in [6, 6.07) is 11.8. The lowest BCUT2D eigenvalue weighted by Gasteiger charge is -2.16. The quantitative estimate of drug-likeness (QED) is 0.481. The lowest BCUT2D eigenvalue weighted by atomic mass is 10.1. The fraction of sp³-hybridized carbons (Fsp3) is 0.440. The number of benzene rings is 2. The van der Waals surface area contributed by atoms with Gasteiger partial charge in [-0.1, -0.05) is 25.1 Å². The maximum absolute atomic E-state index is 13.0. The van der Waals surface area contributed by atoms with Gasteiger partial charge in [-0.15, -0.1) is 0 Å². The summed E-state index contributed by atoms with van der Waals surface area (Å²) in [7, 11) is -3.52. The second kappa shape index (κ2) is 10.1. The second-order valence-electron chi connectivity index (χ2n) is 8.79. The van der Waals surface area contributed by atoms with Crippen LogP contribution >= 0.6 is 0 Å². The van der Waals surface area contributed by atoms with Gasteiger partial charge in [-0.05, 0) is 50.5 Å². The molecule has 0 spiro atoms. The normalized spacial score (nSPS) is 15.6. The topological polar surface area (TPSA) is 105 Å². The number of carbonyl (C=O) groups is 1. The number of rotatable bonds is 9. The van der Waals surface area contributed by atoms with Crippen molar-refractivity contribution in [2.45, 2.75) is 63.4 Å². The Balaban J connectivity index is 1.51. The number of phenols is 1. The molecule has 2 heterocycles. The molecule has 2 aromatic carbocycles. The summed E-state index contributed by atoms with van der Waals surface area (Å²) in [5, 5.41) is 12.9. The Morgan fingerprint density at radius 3 is 2.62 bits per heavy atom. The van der Waals surface area contributed by atoms with Crippen molar-refractivity contribution in [1.82, 2.24) is 19.2 Å². The second-order valence-corrected chi connectivity index (χ2v) is 10.7. The first-order chi connectivity index (χ1) is 16.3. The van der Waals surface area contributed by atoms with E-state index in [1.165, 1.54) is 4.31 Å². The third-order valence-corrected chi connectivity index (χ3v) is 8.20. The predicted octanol–water partition coefficient (Wildman–Crippen LogP) is 3.75. The highest BCUT2D eigenvalue weighted by molar-refractivity contribution is 7.89. The largest absolute Gasteiger partial charge is 0.508 e. The Labute approximate surface area is 200 Å². The minimum atomic E-state index is -3.52. The molecule has 0 bridgehead atoms. The van der Waals surface area contributed by atoms with E-state index in [0.29, 0.717) is 30.6 Å². The predicted molar refractivity (Wildman–Crippen MR) is 131 cm³/mol. The smallest absolute Gasteiger partial charge is 0.243 e. The number of hydrogen-bond donors (Lipinski definition) is 2. The highest BCUT2D eigenvalue weighted by Gasteiger charge is 2.28. The van der Waals surface area contributed by atoms with E-state index in [0.717, 1.165) is 37.1 Å². The molecule has 1 aliphatic rings. The van der Waals surface area contributed by atoms with Crippen LogP contribution < -0.4 is 5.32 Å². The summed E-state index contributed by atoms with van der Waals surface area (Å²) in [5.74, 6) is 0.779. The molecule has 9 heteroatoms. The van der Waals surface area contributed by atoms with E-state index < -0.39 is 10.0 Å². The number of carbonyl (C=O) groups excluding carboxylic acids is 1. The van der Waals surface area contributed by atoms with Gasteiger partial charge in [0.05, 0.1) is 22.0 Å². The maximum atomic E-state index is 13.0. The van der Waals surface area contributed by atoms with Crippen LogP contribution in [0.2, 0.25) is 0 Å². The zero-order valence-electron chi connectivity index (χ0n) is 19.7. The average Bonchev–Trinajstić information content (AvgIpc) is 3.47. The molecule has 8 nitrogen and oxygen atoms in total. The SMILES string of the molecule is CCCn1c(CCC(=O)N[C@@H](C)c2ccccc2O)nc2cc(S(=O)(=O)N3CCCC3)ccc21. The van der Waals surface area contributed by atoms with Crippen LogP contribution in [0.5, 0.6) is 5.75 Å². The summed E-state index contributed by atoms with van der Waals surface area (Å²) in [4.78, 5) is 17.6. The number of amides is 1. The molecular formula is C25H32N4O4S. The minimum absolute atomic E-state index is 0.136. The van der Waals surface area contributed by atoms with Crippen LogP contribution in [-0.4, -0.2) is 46.4 Å². The first-order valence-corrected chi connectivity index (χ1v) is 13.3. The van der Waals surface area contributed by atoms with Crippen LogP contribution in [0.1, 0.15) is 57.0 Å². The van der Waals surface area contributed by atoms with Gasteiger partial charge in [0.2, 0.25) is 15.9 Å². The van der Waals surface area contributed by atoms with Crippen LogP contribution in [-0.2, 0) is 27.8 Å². The van der Waals surface area contributed by atoms with Crippen LogP contribution in [0.3, 0.4) is 0 Å². The number of nitrogens with zero attached hydrogens (tertiary/aromatic N) is 3. The Bertz CT molecular complexity index is 1280. The Morgan fingerprint density at radius 1 is 1.18 bits per heavy atom. The fourth-order valence-electron chi connectivity index (χ4n) is 4.53. The van der Waals surface area contributed by atoms with Crippen molar-refractivity contribution in [3.8, 4) is 5.75 Å². The van der Waals surface area contributed by atoms with Crippen molar-refractivity contribution < 1.29 is 18.3 Å². The van der Waals surface area contributed by atoms with Gasteiger partial charge in [-0.25, -0.2) is 13.4 Å². The monoisotopic (exact) mass is 484 g/mol. The average molecular weight is 485 g/mol. The van der Waals surface area contributed by atoms with Crippen molar-refractivity contribution in [2.75, 3.05) is 13.1 Å². The molecule has 1 aliphatic heterocycles. The van der Waals surface area contributed by atoms with Crippen LogP contribution in [0.4, 0.5) is 0 Å². The molecular weight excluding hydrogens is 452 g/mol. The van der Waals surface area contributed by atoms with Gasteiger partial charge in [0.15, 0.2) is 0 Å². The Morgan fingerprint density at radius 2 is 1.91 bits per heavy atom. The Hall–Kier alpha value is -2.91. The number of imidazole rings is 1. The van der Waals surface area contributed by atoms with Gasteiger partial charge in [-0.2, -0.15) is 4.31 Å². The molecule has 182 valence electrons. The molecule has 1 atom stereocenters. The fourth-order valence-corrected chi connectivity index (χ4v) is 6.07. The molecule has 0 unspecified atom stereocenters. The van der Waals surface area contributed by atoms with Crippen molar-refractivity contribution in [3.05, 3.63) is 53.9 Å². The first kappa shape index (κ1) is 24.2. The van der Waals surface area contributed by atoms with Crippen LogP contribution in [0, 0.1) is 0 Å². The molecule has 1 saturated heterocycles. The number of para-hydroxylation sites is 1. The van der Waals surface area contributed by atoms with Crippen LogP contribution in [0.15, 0.2) is 47.4 Å². The third kappa shape index (κ3) is 4.95. The number of nitrogens with one attached hydrogen (secondary N) is 1. The molecule has 0 radical (unpaired) electrons. The number of aromatic hydroxyl groups is 1. The molecule has 1 fully saturated rings. The highest BCUT2D eigenvalue weighted by Crippen LogP contribution is 2.26. The van der Waals surface area contributed by atoms with E-state index in [2.05, 4.69) is 16.8 Å². The van der Waals surface area contributed by atoms with Crippen molar-refractivity contribution in [3.63, 3.8) is 0 Å². The summed E-state index contributed by atoms with van der Waals surface area (Å²) >= 11 is 0. The zero-order valence-corrected chi connectivity index (χ0v) is 20.5. The van der Waals surface area contributed by atoms with E-state index in [4.69, 9.17) is 4.98 Å². The number of hydrogen-bond acceptors (Lipinski definition) is 5. The van der Waals surface area contributed by atoms with E-state index in [9.17, 15) is 18.3 Å². The van der Waals surface area contributed by atoms with Crippen molar-refractivity contribution in [1.29, 1.82) is 0 Å². The summed E-state index contributed by atoms with van der Waals surface area (Å²) in [6.45, 7) is 5.76. The van der Waals surface area contributed by atoms with Gasteiger partial charge in [-0.3, -0.25) is 4.79 Å². The number of fused-ring (bicyclic) bond motifs is 1. The molecule has 4 rings (SSSR count). The van der Waals surface area contributed by atoms with E-state index >= 15 is 0 Å². The molecule has 0 aliphatic carbocycles. The lowest BCUT2D eigenvalue weighted by molar-refractivity contribution is -0.121. The number of aromatic nitrogens is 2. The van der Waals surface area contributed by atoms with E-state index in [1.807, 2.05) is 19.1 Å². The molecule has 2 N–H and O–H groups in total. The van der Waals surface area contributed by atoms with Crippen LogP contribution in [0.25, 0.3) is 11.0 Å². The first-order valence-electron chi connectivity index (χ1n) is 11.9. The molecule has 1 amide bonds.